The van der Waals surface area contributed by atoms with Crippen LogP contribution in [0, 0.1) is 0 Å². The molecule has 16 heavy (non-hydrogen) atoms. The van der Waals surface area contributed by atoms with Gasteiger partial charge in [0.1, 0.15) is 4.90 Å². The van der Waals surface area contributed by atoms with Gasteiger partial charge in [-0.3, -0.25) is 9.82 Å². The summed E-state index contributed by atoms with van der Waals surface area (Å²) in [4.78, 5) is 10.2. The number of methoxy groups -OCH3 is 1. The van der Waals surface area contributed by atoms with Crippen LogP contribution in [0.4, 0.5) is 0 Å². The van der Waals surface area contributed by atoms with Crippen LogP contribution in [0.25, 0.3) is 0 Å². The average molecular weight is 267 g/mol. The number of halogens is 1. The van der Waals surface area contributed by atoms with Crippen molar-refractivity contribution in [3.05, 3.63) is 23.5 Å². The Morgan fingerprint density at radius 1 is 1.50 bits per heavy atom. The molecule has 0 aliphatic carbocycles. The zero-order valence-corrected chi connectivity index (χ0v) is 10.1. The highest BCUT2D eigenvalue weighted by Crippen LogP contribution is 2.18. The standard InChI is InChI=1S/C8H11ClN2O4S/c1-14-4-5-15-11-16(12,13)8-6-10-3-2-7(8)9/h2-3,6,11H,4-5H2,1H3. The number of sulfonamides is 1. The van der Waals surface area contributed by atoms with Gasteiger partial charge in [0.25, 0.3) is 10.0 Å². The van der Waals surface area contributed by atoms with E-state index in [2.05, 4.69) is 9.72 Å². The van der Waals surface area contributed by atoms with Crippen LogP contribution in [0.1, 0.15) is 0 Å². The number of hydrogen-bond acceptors (Lipinski definition) is 5. The first-order valence-corrected chi connectivity index (χ1v) is 6.16. The highest BCUT2D eigenvalue weighted by molar-refractivity contribution is 7.89. The Bertz CT molecular complexity index is 437. The van der Waals surface area contributed by atoms with Gasteiger partial charge in [0.15, 0.2) is 0 Å². The molecule has 0 unspecified atom stereocenters. The van der Waals surface area contributed by atoms with E-state index in [0.29, 0.717) is 0 Å². The Labute approximate surface area is 98.5 Å². The maximum Gasteiger partial charge on any atom is 0.265 e. The molecule has 0 fully saturated rings. The molecule has 1 N–H and O–H groups in total. The maximum atomic E-state index is 11.6. The number of ether oxygens (including phenoxy) is 1. The number of hydrogen-bond donors (Lipinski definition) is 1. The highest BCUT2D eigenvalue weighted by atomic mass is 35.5. The Hall–Kier alpha value is -0.730. The largest absolute Gasteiger partial charge is 0.382 e. The number of aromatic nitrogens is 1. The van der Waals surface area contributed by atoms with E-state index in [9.17, 15) is 8.42 Å². The third-order valence-electron chi connectivity index (χ3n) is 1.58. The van der Waals surface area contributed by atoms with Gasteiger partial charge < -0.3 is 4.74 Å². The Kier molecular flexibility index (Phi) is 5.10. The van der Waals surface area contributed by atoms with E-state index >= 15 is 0 Å². The van der Waals surface area contributed by atoms with Gasteiger partial charge in [0.2, 0.25) is 0 Å². The summed E-state index contributed by atoms with van der Waals surface area (Å²) in [6.07, 6.45) is 2.54. The van der Waals surface area contributed by atoms with E-state index < -0.39 is 10.0 Å². The van der Waals surface area contributed by atoms with Gasteiger partial charge in [-0.25, -0.2) is 8.42 Å². The maximum absolute atomic E-state index is 11.6. The topological polar surface area (TPSA) is 77.5 Å². The molecule has 0 spiro atoms. The fourth-order valence-electron chi connectivity index (χ4n) is 0.850. The molecule has 8 heteroatoms. The summed E-state index contributed by atoms with van der Waals surface area (Å²) in [5, 5.41) is 0.0813. The average Bonchev–Trinajstić information content (AvgIpc) is 2.25. The van der Waals surface area contributed by atoms with Crippen molar-refractivity contribution in [3.63, 3.8) is 0 Å². The Morgan fingerprint density at radius 2 is 2.25 bits per heavy atom. The van der Waals surface area contributed by atoms with Gasteiger partial charge in [0, 0.05) is 19.5 Å². The second kappa shape index (κ2) is 6.12. The summed E-state index contributed by atoms with van der Waals surface area (Å²) in [5.74, 6) is 0. The minimum atomic E-state index is -3.79. The van der Waals surface area contributed by atoms with Crippen molar-refractivity contribution in [2.75, 3.05) is 20.3 Å². The highest BCUT2D eigenvalue weighted by Gasteiger charge is 2.17. The SMILES string of the molecule is COCCONS(=O)(=O)c1cnccc1Cl. The van der Waals surface area contributed by atoms with Crippen molar-refractivity contribution >= 4 is 21.6 Å². The zero-order chi connectivity index (χ0) is 12.0. The van der Waals surface area contributed by atoms with Crippen LogP contribution in [0.3, 0.4) is 0 Å². The molecule has 0 aromatic carbocycles. The monoisotopic (exact) mass is 266 g/mol. The molecule has 0 aliphatic rings. The summed E-state index contributed by atoms with van der Waals surface area (Å²) in [5.41, 5.74) is 0. The van der Waals surface area contributed by atoms with Crippen molar-refractivity contribution in [3.8, 4) is 0 Å². The summed E-state index contributed by atoms with van der Waals surface area (Å²) in [6.45, 7) is 0.386. The molecule has 1 aromatic rings. The molecular formula is C8H11ClN2O4S. The third kappa shape index (κ3) is 3.69. The van der Waals surface area contributed by atoms with Gasteiger partial charge in [-0.1, -0.05) is 16.5 Å². The predicted octanol–water partition coefficient (Wildman–Crippen LogP) is 0.591. The first-order valence-electron chi connectivity index (χ1n) is 4.30. The van der Waals surface area contributed by atoms with Crippen molar-refractivity contribution in [2.45, 2.75) is 4.90 Å². The summed E-state index contributed by atoms with van der Waals surface area (Å²) >= 11 is 5.71. The van der Waals surface area contributed by atoms with Crippen LogP contribution < -0.4 is 4.89 Å². The van der Waals surface area contributed by atoms with Gasteiger partial charge in [0.05, 0.1) is 18.2 Å². The van der Waals surface area contributed by atoms with Crippen molar-refractivity contribution < 1.29 is 18.0 Å². The van der Waals surface area contributed by atoms with Crippen LogP contribution in [-0.4, -0.2) is 33.7 Å². The fourth-order valence-corrected chi connectivity index (χ4v) is 2.11. The van der Waals surface area contributed by atoms with E-state index in [-0.39, 0.29) is 23.1 Å². The fraction of sp³-hybridized carbons (Fsp3) is 0.375. The lowest BCUT2D eigenvalue weighted by atomic mass is 10.5. The minimum absolute atomic E-state index is 0.0813. The van der Waals surface area contributed by atoms with E-state index in [1.807, 2.05) is 4.89 Å². The number of rotatable bonds is 6. The molecule has 0 aliphatic heterocycles. The van der Waals surface area contributed by atoms with Crippen molar-refractivity contribution in [1.82, 2.24) is 9.87 Å². The van der Waals surface area contributed by atoms with Gasteiger partial charge in [-0.15, -0.1) is 0 Å². The van der Waals surface area contributed by atoms with Gasteiger partial charge in [-0.05, 0) is 6.07 Å². The van der Waals surface area contributed by atoms with E-state index in [1.54, 1.807) is 0 Å². The number of nitrogens with zero attached hydrogens (tertiary/aromatic N) is 1. The molecule has 0 radical (unpaired) electrons. The predicted molar refractivity (Wildman–Crippen MR) is 57.4 cm³/mol. The van der Waals surface area contributed by atoms with Crippen LogP contribution in [0.5, 0.6) is 0 Å². The Morgan fingerprint density at radius 3 is 2.88 bits per heavy atom. The lowest BCUT2D eigenvalue weighted by Crippen LogP contribution is -2.26. The zero-order valence-electron chi connectivity index (χ0n) is 8.51. The summed E-state index contributed by atoms with van der Waals surface area (Å²) < 4.78 is 27.9. The van der Waals surface area contributed by atoms with E-state index in [1.165, 1.54) is 19.4 Å². The minimum Gasteiger partial charge on any atom is -0.382 e. The molecule has 90 valence electrons. The number of nitrogens with one attached hydrogen (secondary N) is 1. The van der Waals surface area contributed by atoms with Crippen LogP contribution in [-0.2, 0) is 19.6 Å². The molecular weight excluding hydrogens is 256 g/mol. The molecule has 0 bridgehead atoms. The first kappa shape index (κ1) is 13.3. The smallest absolute Gasteiger partial charge is 0.265 e. The second-order valence-electron chi connectivity index (χ2n) is 2.73. The molecule has 0 saturated carbocycles. The van der Waals surface area contributed by atoms with Crippen molar-refractivity contribution in [1.29, 1.82) is 0 Å². The molecule has 0 amide bonds. The molecule has 1 heterocycles. The van der Waals surface area contributed by atoms with Gasteiger partial charge >= 0.3 is 0 Å². The van der Waals surface area contributed by atoms with Crippen LogP contribution >= 0.6 is 11.6 Å². The lowest BCUT2D eigenvalue weighted by molar-refractivity contribution is 0.0438. The molecule has 0 saturated heterocycles. The van der Waals surface area contributed by atoms with Crippen LogP contribution in [0.15, 0.2) is 23.4 Å². The number of pyridine rings is 1. The second-order valence-corrected chi connectivity index (χ2v) is 4.75. The van der Waals surface area contributed by atoms with E-state index in [0.717, 1.165) is 6.20 Å². The third-order valence-corrected chi connectivity index (χ3v) is 3.27. The Balaban J connectivity index is 2.68. The van der Waals surface area contributed by atoms with E-state index in [4.69, 9.17) is 16.4 Å². The summed E-state index contributed by atoms with van der Waals surface area (Å²) in [7, 11) is -2.31. The lowest BCUT2D eigenvalue weighted by Gasteiger charge is -2.07. The molecule has 1 aromatic heterocycles. The van der Waals surface area contributed by atoms with Crippen LogP contribution in [0.2, 0.25) is 5.02 Å². The first-order chi connectivity index (χ1) is 7.58. The molecule has 1 rings (SSSR count). The molecule has 6 nitrogen and oxygen atoms in total. The molecule has 0 atom stereocenters. The van der Waals surface area contributed by atoms with Gasteiger partial charge in [-0.2, -0.15) is 0 Å². The summed E-state index contributed by atoms with van der Waals surface area (Å²) in [6, 6.07) is 1.38. The van der Waals surface area contributed by atoms with Crippen molar-refractivity contribution in [2.24, 2.45) is 0 Å². The normalized spacial score (nSPS) is 11.6. The quantitative estimate of drug-likeness (QED) is 0.602.